The molecule has 0 bridgehead atoms. The summed E-state index contributed by atoms with van der Waals surface area (Å²) >= 11 is 0. The van der Waals surface area contributed by atoms with Gasteiger partial charge in [0, 0.05) is 5.92 Å². The molecule has 0 fully saturated rings. The van der Waals surface area contributed by atoms with Crippen LogP contribution in [0.4, 0.5) is 0 Å². The first-order valence-corrected chi connectivity index (χ1v) is 5.33. The maximum Gasteiger partial charge on any atom is 0.119 e. The van der Waals surface area contributed by atoms with Gasteiger partial charge < -0.3 is 10.5 Å². The van der Waals surface area contributed by atoms with Crippen molar-refractivity contribution in [3.05, 3.63) is 29.8 Å². The molecule has 2 N–H and O–H groups in total. The van der Waals surface area contributed by atoms with Crippen molar-refractivity contribution in [2.75, 3.05) is 13.7 Å². The number of ether oxygens (including phenoxy) is 1. The van der Waals surface area contributed by atoms with Crippen LogP contribution >= 0.6 is 0 Å². The third-order valence-electron chi connectivity index (χ3n) is 2.78. The zero-order valence-electron chi connectivity index (χ0n) is 10.1. The van der Waals surface area contributed by atoms with E-state index in [2.05, 4.69) is 32.9 Å². The maximum atomic E-state index is 5.84. The van der Waals surface area contributed by atoms with Crippen molar-refractivity contribution >= 4 is 0 Å². The molecule has 1 rings (SSSR count). The van der Waals surface area contributed by atoms with E-state index in [0.29, 0.717) is 12.5 Å². The van der Waals surface area contributed by atoms with Gasteiger partial charge in [-0.05, 0) is 29.7 Å². The van der Waals surface area contributed by atoms with Gasteiger partial charge in [0.15, 0.2) is 0 Å². The molecule has 1 atom stereocenters. The summed E-state index contributed by atoms with van der Waals surface area (Å²) in [4.78, 5) is 0. The maximum absolute atomic E-state index is 5.84. The highest BCUT2D eigenvalue weighted by atomic mass is 16.5. The highest BCUT2D eigenvalue weighted by molar-refractivity contribution is 5.31. The summed E-state index contributed by atoms with van der Waals surface area (Å²) in [5.41, 5.74) is 7.28. The lowest BCUT2D eigenvalue weighted by molar-refractivity contribution is 0.324. The van der Waals surface area contributed by atoms with Crippen LogP contribution in [-0.2, 0) is 0 Å². The molecule has 0 aliphatic rings. The molecule has 0 radical (unpaired) electrons. The van der Waals surface area contributed by atoms with Crippen LogP contribution in [0.3, 0.4) is 0 Å². The van der Waals surface area contributed by atoms with Crippen LogP contribution in [0.15, 0.2) is 24.3 Å². The van der Waals surface area contributed by atoms with Crippen LogP contribution < -0.4 is 10.5 Å². The fourth-order valence-corrected chi connectivity index (χ4v) is 1.85. The van der Waals surface area contributed by atoms with E-state index < -0.39 is 0 Å². The first-order valence-electron chi connectivity index (χ1n) is 5.33. The first kappa shape index (κ1) is 12.1. The van der Waals surface area contributed by atoms with E-state index in [-0.39, 0.29) is 5.41 Å². The van der Waals surface area contributed by atoms with Gasteiger partial charge in [0.2, 0.25) is 0 Å². The SMILES string of the molecule is COc1cccc(C(CN)C(C)(C)C)c1. The summed E-state index contributed by atoms with van der Waals surface area (Å²) < 4.78 is 5.22. The molecule has 0 saturated carbocycles. The highest BCUT2D eigenvalue weighted by Crippen LogP contribution is 2.35. The van der Waals surface area contributed by atoms with Gasteiger partial charge in [0.25, 0.3) is 0 Å². The third kappa shape index (κ3) is 2.96. The van der Waals surface area contributed by atoms with Crippen LogP contribution in [0.2, 0.25) is 0 Å². The fourth-order valence-electron chi connectivity index (χ4n) is 1.85. The fraction of sp³-hybridized carbons (Fsp3) is 0.538. The van der Waals surface area contributed by atoms with Crippen LogP contribution in [-0.4, -0.2) is 13.7 Å². The van der Waals surface area contributed by atoms with E-state index >= 15 is 0 Å². The van der Waals surface area contributed by atoms with Crippen molar-refractivity contribution in [2.45, 2.75) is 26.7 Å². The Morgan fingerprint density at radius 1 is 1.33 bits per heavy atom. The molecule has 0 aliphatic carbocycles. The van der Waals surface area contributed by atoms with Crippen molar-refractivity contribution in [1.82, 2.24) is 0 Å². The number of hydrogen-bond donors (Lipinski definition) is 1. The van der Waals surface area contributed by atoms with Crippen molar-refractivity contribution < 1.29 is 4.74 Å². The van der Waals surface area contributed by atoms with Crippen LogP contribution in [0.1, 0.15) is 32.3 Å². The Hall–Kier alpha value is -1.02. The van der Waals surface area contributed by atoms with Gasteiger partial charge in [0.05, 0.1) is 7.11 Å². The quantitative estimate of drug-likeness (QED) is 0.827. The normalized spacial score (nSPS) is 13.7. The highest BCUT2D eigenvalue weighted by Gasteiger charge is 2.24. The van der Waals surface area contributed by atoms with Gasteiger partial charge in [0.1, 0.15) is 5.75 Å². The Morgan fingerprint density at radius 2 is 2.00 bits per heavy atom. The molecule has 0 heterocycles. The number of methoxy groups -OCH3 is 1. The lowest BCUT2D eigenvalue weighted by Crippen LogP contribution is -2.25. The lowest BCUT2D eigenvalue weighted by atomic mass is 9.76. The van der Waals surface area contributed by atoms with E-state index in [9.17, 15) is 0 Å². The smallest absolute Gasteiger partial charge is 0.119 e. The van der Waals surface area contributed by atoms with E-state index in [4.69, 9.17) is 10.5 Å². The number of nitrogens with two attached hydrogens (primary N) is 1. The van der Waals surface area contributed by atoms with Crippen molar-refractivity contribution in [2.24, 2.45) is 11.1 Å². The summed E-state index contributed by atoms with van der Waals surface area (Å²) in [5.74, 6) is 1.27. The van der Waals surface area contributed by atoms with Crippen LogP contribution in [0.25, 0.3) is 0 Å². The molecule has 1 aromatic carbocycles. The zero-order valence-corrected chi connectivity index (χ0v) is 10.1. The predicted molar refractivity (Wildman–Crippen MR) is 64.2 cm³/mol. The molecule has 2 heteroatoms. The van der Waals surface area contributed by atoms with Crippen LogP contribution in [0.5, 0.6) is 5.75 Å². The third-order valence-corrected chi connectivity index (χ3v) is 2.78. The Labute approximate surface area is 92.4 Å². The van der Waals surface area contributed by atoms with E-state index in [1.165, 1.54) is 5.56 Å². The Morgan fingerprint density at radius 3 is 2.47 bits per heavy atom. The molecular formula is C13H21NO. The molecular weight excluding hydrogens is 186 g/mol. The molecule has 1 aromatic rings. The Balaban J connectivity index is 3.02. The van der Waals surface area contributed by atoms with Gasteiger partial charge in [-0.15, -0.1) is 0 Å². The lowest BCUT2D eigenvalue weighted by Gasteiger charge is -2.30. The molecule has 15 heavy (non-hydrogen) atoms. The Kier molecular flexibility index (Phi) is 3.75. The average Bonchev–Trinajstić information content (AvgIpc) is 2.17. The second kappa shape index (κ2) is 4.67. The van der Waals surface area contributed by atoms with Crippen molar-refractivity contribution in [3.8, 4) is 5.75 Å². The number of rotatable bonds is 3. The summed E-state index contributed by atoms with van der Waals surface area (Å²) in [6, 6.07) is 8.16. The largest absolute Gasteiger partial charge is 0.497 e. The minimum atomic E-state index is 0.182. The predicted octanol–water partition coefficient (Wildman–Crippen LogP) is 2.78. The van der Waals surface area contributed by atoms with Crippen molar-refractivity contribution in [3.63, 3.8) is 0 Å². The second-order valence-electron chi connectivity index (χ2n) is 4.93. The van der Waals surface area contributed by atoms with Gasteiger partial charge in [-0.1, -0.05) is 32.9 Å². The topological polar surface area (TPSA) is 35.2 Å². The molecule has 0 amide bonds. The molecule has 0 spiro atoms. The monoisotopic (exact) mass is 207 g/mol. The molecule has 1 unspecified atom stereocenters. The van der Waals surface area contributed by atoms with Crippen molar-refractivity contribution in [1.29, 1.82) is 0 Å². The number of hydrogen-bond acceptors (Lipinski definition) is 2. The molecule has 84 valence electrons. The summed E-state index contributed by atoms with van der Waals surface area (Å²) in [6.07, 6.45) is 0. The van der Waals surface area contributed by atoms with E-state index in [0.717, 1.165) is 5.75 Å². The average molecular weight is 207 g/mol. The number of benzene rings is 1. The summed E-state index contributed by atoms with van der Waals surface area (Å²) in [5, 5.41) is 0. The molecule has 0 aromatic heterocycles. The molecule has 0 saturated heterocycles. The van der Waals surface area contributed by atoms with Gasteiger partial charge >= 0.3 is 0 Å². The first-order chi connectivity index (χ1) is 6.99. The Bertz CT molecular complexity index is 315. The standard InChI is InChI=1S/C13H21NO/c1-13(2,3)12(9-14)10-6-5-7-11(8-10)15-4/h5-8,12H,9,14H2,1-4H3. The molecule has 0 aliphatic heterocycles. The van der Waals surface area contributed by atoms with Gasteiger partial charge in [-0.3, -0.25) is 0 Å². The summed E-state index contributed by atoms with van der Waals surface area (Å²) in [7, 11) is 1.69. The molecule has 2 nitrogen and oxygen atoms in total. The van der Waals surface area contributed by atoms with Gasteiger partial charge in [-0.25, -0.2) is 0 Å². The minimum Gasteiger partial charge on any atom is -0.497 e. The second-order valence-corrected chi connectivity index (χ2v) is 4.93. The zero-order chi connectivity index (χ0) is 11.5. The minimum absolute atomic E-state index is 0.182. The summed E-state index contributed by atoms with van der Waals surface area (Å²) in [6.45, 7) is 7.30. The van der Waals surface area contributed by atoms with Gasteiger partial charge in [-0.2, -0.15) is 0 Å². The van der Waals surface area contributed by atoms with E-state index in [1.54, 1.807) is 7.11 Å². The van der Waals surface area contributed by atoms with E-state index in [1.807, 2.05) is 12.1 Å². The van der Waals surface area contributed by atoms with Crippen LogP contribution in [0, 0.1) is 5.41 Å².